The van der Waals surface area contributed by atoms with Crippen LogP contribution >= 0.6 is 0 Å². The molecule has 0 aliphatic heterocycles. The molecular formula is C12H26N2. The molecule has 0 heterocycles. The zero-order valence-electron chi connectivity index (χ0n) is 10.1. The SMILES string of the molecule is CCC(C)(CN)N(C)CC1CCCC1. The van der Waals surface area contributed by atoms with Crippen molar-refractivity contribution in [2.75, 3.05) is 20.1 Å². The first-order valence-electron chi connectivity index (χ1n) is 6.03. The first-order valence-corrected chi connectivity index (χ1v) is 6.03. The Morgan fingerprint density at radius 3 is 2.36 bits per heavy atom. The van der Waals surface area contributed by atoms with Gasteiger partial charge in [-0.25, -0.2) is 0 Å². The number of hydrogen-bond acceptors (Lipinski definition) is 2. The molecule has 0 aromatic carbocycles. The molecule has 1 atom stereocenters. The summed E-state index contributed by atoms with van der Waals surface area (Å²) >= 11 is 0. The van der Waals surface area contributed by atoms with Crippen LogP contribution < -0.4 is 5.73 Å². The average Bonchev–Trinajstić information content (AvgIpc) is 2.69. The summed E-state index contributed by atoms with van der Waals surface area (Å²) in [4.78, 5) is 2.48. The van der Waals surface area contributed by atoms with Crippen LogP contribution in [0.2, 0.25) is 0 Å². The summed E-state index contributed by atoms with van der Waals surface area (Å²) in [5.41, 5.74) is 6.06. The maximum atomic E-state index is 5.85. The molecule has 0 aromatic rings. The second kappa shape index (κ2) is 5.13. The van der Waals surface area contributed by atoms with Gasteiger partial charge >= 0.3 is 0 Å². The minimum atomic E-state index is 0.211. The zero-order valence-corrected chi connectivity index (χ0v) is 10.1. The first kappa shape index (κ1) is 12.0. The third-order valence-electron chi connectivity index (χ3n) is 4.13. The summed E-state index contributed by atoms with van der Waals surface area (Å²) in [6.07, 6.45) is 6.87. The minimum Gasteiger partial charge on any atom is -0.329 e. The molecule has 1 unspecified atom stereocenters. The molecule has 0 radical (unpaired) electrons. The van der Waals surface area contributed by atoms with E-state index in [-0.39, 0.29) is 5.54 Å². The molecule has 0 bridgehead atoms. The minimum absolute atomic E-state index is 0.211. The summed E-state index contributed by atoms with van der Waals surface area (Å²) in [6.45, 7) is 6.52. The zero-order chi connectivity index (χ0) is 10.6. The van der Waals surface area contributed by atoms with Crippen molar-refractivity contribution in [3.63, 3.8) is 0 Å². The summed E-state index contributed by atoms with van der Waals surface area (Å²) < 4.78 is 0. The molecule has 1 rings (SSSR count). The van der Waals surface area contributed by atoms with Crippen LogP contribution in [0.3, 0.4) is 0 Å². The third kappa shape index (κ3) is 2.71. The summed E-state index contributed by atoms with van der Waals surface area (Å²) in [5, 5.41) is 0. The van der Waals surface area contributed by atoms with E-state index in [2.05, 4.69) is 25.8 Å². The Morgan fingerprint density at radius 1 is 1.36 bits per heavy atom. The molecule has 0 spiro atoms. The highest BCUT2D eigenvalue weighted by Gasteiger charge is 2.28. The normalized spacial score (nSPS) is 22.9. The third-order valence-corrected chi connectivity index (χ3v) is 4.13. The number of likely N-dealkylation sites (N-methyl/N-ethyl adjacent to an activating group) is 1. The van der Waals surface area contributed by atoms with Gasteiger partial charge in [0.2, 0.25) is 0 Å². The van der Waals surface area contributed by atoms with Gasteiger partial charge in [-0.15, -0.1) is 0 Å². The van der Waals surface area contributed by atoms with Crippen molar-refractivity contribution in [2.45, 2.75) is 51.5 Å². The Balaban J connectivity index is 2.42. The summed E-state index contributed by atoms with van der Waals surface area (Å²) in [6, 6.07) is 0. The van der Waals surface area contributed by atoms with E-state index in [4.69, 9.17) is 5.73 Å². The highest BCUT2D eigenvalue weighted by molar-refractivity contribution is 4.85. The predicted molar refractivity (Wildman–Crippen MR) is 62.3 cm³/mol. The van der Waals surface area contributed by atoms with Crippen molar-refractivity contribution in [3.8, 4) is 0 Å². The molecule has 0 saturated heterocycles. The molecule has 1 aliphatic carbocycles. The van der Waals surface area contributed by atoms with Crippen molar-refractivity contribution < 1.29 is 0 Å². The van der Waals surface area contributed by atoms with E-state index in [1.165, 1.54) is 32.2 Å². The predicted octanol–water partition coefficient (Wildman–Crippen LogP) is 2.24. The fourth-order valence-corrected chi connectivity index (χ4v) is 2.37. The molecule has 84 valence electrons. The van der Waals surface area contributed by atoms with E-state index in [1.54, 1.807) is 0 Å². The lowest BCUT2D eigenvalue weighted by Crippen LogP contribution is -2.50. The van der Waals surface area contributed by atoms with Crippen LogP contribution in [0, 0.1) is 5.92 Å². The number of nitrogens with zero attached hydrogens (tertiary/aromatic N) is 1. The van der Waals surface area contributed by atoms with Crippen LogP contribution in [-0.2, 0) is 0 Å². The molecule has 2 N–H and O–H groups in total. The van der Waals surface area contributed by atoms with Crippen LogP contribution in [0.1, 0.15) is 46.0 Å². The molecule has 2 heteroatoms. The second-order valence-electron chi connectivity index (χ2n) is 5.09. The average molecular weight is 198 g/mol. The number of hydrogen-bond donors (Lipinski definition) is 1. The smallest absolute Gasteiger partial charge is 0.0298 e. The van der Waals surface area contributed by atoms with Gasteiger partial charge in [0.05, 0.1) is 0 Å². The van der Waals surface area contributed by atoms with Gasteiger partial charge in [0.25, 0.3) is 0 Å². The lowest BCUT2D eigenvalue weighted by Gasteiger charge is -2.38. The standard InChI is InChI=1S/C12H26N2/c1-4-12(2,10-13)14(3)9-11-7-5-6-8-11/h11H,4-10,13H2,1-3H3. The van der Waals surface area contributed by atoms with E-state index >= 15 is 0 Å². The van der Waals surface area contributed by atoms with Gasteiger partial charge in [0.15, 0.2) is 0 Å². The van der Waals surface area contributed by atoms with E-state index in [1.807, 2.05) is 0 Å². The second-order valence-corrected chi connectivity index (χ2v) is 5.09. The van der Waals surface area contributed by atoms with Gasteiger partial charge in [0, 0.05) is 18.6 Å². The fourth-order valence-electron chi connectivity index (χ4n) is 2.37. The van der Waals surface area contributed by atoms with Crippen molar-refractivity contribution in [1.29, 1.82) is 0 Å². The van der Waals surface area contributed by atoms with Crippen LogP contribution in [0.4, 0.5) is 0 Å². The largest absolute Gasteiger partial charge is 0.329 e. The maximum Gasteiger partial charge on any atom is 0.0298 e. The lowest BCUT2D eigenvalue weighted by molar-refractivity contribution is 0.118. The highest BCUT2D eigenvalue weighted by atomic mass is 15.2. The van der Waals surface area contributed by atoms with Gasteiger partial charge < -0.3 is 5.73 Å². The van der Waals surface area contributed by atoms with Gasteiger partial charge in [0.1, 0.15) is 0 Å². The fraction of sp³-hybridized carbons (Fsp3) is 1.00. The van der Waals surface area contributed by atoms with Crippen molar-refractivity contribution in [3.05, 3.63) is 0 Å². The molecule has 2 nitrogen and oxygen atoms in total. The van der Waals surface area contributed by atoms with Crippen LogP contribution in [0.25, 0.3) is 0 Å². The molecule has 0 amide bonds. The molecule has 1 aliphatic rings. The molecule has 14 heavy (non-hydrogen) atoms. The van der Waals surface area contributed by atoms with Crippen molar-refractivity contribution in [1.82, 2.24) is 4.90 Å². The van der Waals surface area contributed by atoms with Gasteiger partial charge in [-0.05, 0) is 39.2 Å². The van der Waals surface area contributed by atoms with E-state index in [0.29, 0.717) is 0 Å². The number of rotatable bonds is 5. The Hall–Kier alpha value is -0.0800. The molecule has 0 aromatic heterocycles. The van der Waals surface area contributed by atoms with Crippen molar-refractivity contribution in [2.24, 2.45) is 11.7 Å². The summed E-state index contributed by atoms with van der Waals surface area (Å²) in [5.74, 6) is 0.928. The highest BCUT2D eigenvalue weighted by Crippen LogP contribution is 2.27. The van der Waals surface area contributed by atoms with Gasteiger partial charge in [-0.1, -0.05) is 19.8 Å². The molecular weight excluding hydrogens is 172 g/mol. The Morgan fingerprint density at radius 2 is 1.93 bits per heavy atom. The Kier molecular flexibility index (Phi) is 4.39. The molecule has 1 fully saturated rings. The Labute approximate surface area is 88.8 Å². The van der Waals surface area contributed by atoms with Crippen molar-refractivity contribution >= 4 is 0 Å². The first-order chi connectivity index (χ1) is 6.62. The van der Waals surface area contributed by atoms with E-state index in [0.717, 1.165) is 18.9 Å². The maximum absolute atomic E-state index is 5.85. The van der Waals surface area contributed by atoms with E-state index < -0.39 is 0 Å². The molecule has 1 saturated carbocycles. The van der Waals surface area contributed by atoms with Crippen LogP contribution in [0.15, 0.2) is 0 Å². The van der Waals surface area contributed by atoms with Crippen LogP contribution in [0.5, 0.6) is 0 Å². The Bertz CT molecular complexity index is 158. The van der Waals surface area contributed by atoms with Gasteiger partial charge in [-0.3, -0.25) is 4.90 Å². The lowest BCUT2D eigenvalue weighted by atomic mass is 9.95. The quantitative estimate of drug-likeness (QED) is 0.734. The monoisotopic (exact) mass is 198 g/mol. The van der Waals surface area contributed by atoms with Crippen LogP contribution in [-0.4, -0.2) is 30.6 Å². The summed E-state index contributed by atoms with van der Waals surface area (Å²) in [7, 11) is 2.23. The van der Waals surface area contributed by atoms with E-state index in [9.17, 15) is 0 Å². The number of nitrogens with two attached hydrogens (primary N) is 1. The topological polar surface area (TPSA) is 29.3 Å². The van der Waals surface area contributed by atoms with Gasteiger partial charge in [-0.2, -0.15) is 0 Å².